The zero-order chi connectivity index (χ0) is 24.9. The molecule has 0 bridgehead atoms. The van der Waals surface area contributed by atoms with Gasteiger partial charge in [-0.05, 0) is 83.3 Å². The van der Waals surface area contributed by atoms with Gasteiger partial charge in [-0.15, -0.1) is 0 Å². The van der Waals surface area contributed by atoms with Crippen molar-refractivity contribution in [2.45, 2.75) is 40.2 Å². The van der Waals surface area contributed by atoms with E-state index >= 15 is 0 Å². The lowest BCUT2D eigenvalue weighted by Gasteiger charge is -2.24. The highest BCUT2D eigenvalue weighted by Gasteiger charge is 2.20. The molecule has 5 nitrogen and oxygen atoms in total. The van der Waals surface area contributed by atoms with E-state index < -0.39 is 0 Å². The van der Waals surface area contributed by atoms with Gasteiger partial charge in [0.1, 0.15) is 17.3 Å². The number of ether oxygens (including phenoxy) is 1. The van der Waals surface area contributed by atoms with Gasteiger partial charge in [0.25, 0.3) is 0 Å². The number of aromatic nitrogens is 1. The van der Waals surface area contributed by atoms with Crippen molar-refractivity contribution in [3.05, 3.63) is 84.1 Å². The number of methoxy groups -OCH3 is 1. The minimum Gasteiger partial charge on any atom is -0.508 e. The fourth-order valence-electron chi connectivity index (χ4n) is 4.24. The molecule has 4 aromatic rings. The summed E-state index contributed by atoms with van der Waals surface area (Å²) in [6.45, 7) is 6.70. The number of hydrogen-bond donors (Lipinski definition) is 1. The maximum absolute atomic E-state index is 13.4. The Hall–Kier alpha value is -3.86. The summed E-state index contributed by atoms with van der Waals surface area (Å²) in [5.41, 5.74) is 4.34. The van der Waals surface area contributed by atoms with Gasteiger partial charge in [0.15, 0.2) is 0 Å². The van der Waals surface area contributed by atoms with E-state index in [1.54, 1.807) is 30.3 Å². The monoisotopic (exact) mass is 468 g/mol. The van der Waals surface area contributed by atoms with E-state index in [1.165, 1.54) is 0 Å². The van der Waals surface area contributed by atoms with E-state index in [9.17, 15) is 9.90 Å². The molecule has 180 valence electrons. The molecule has 1 heterocycles. The number of rotatable bonds is 8. The number of anilines is 1. The first-order chi connectivity index (χ1) is 16.9. The van der Waals surface area contributed by atoms with E-state index in [-0.39, 0.29) is 11.7 Å². The Bertz CT molecular complexity index is 1330. The molecule has 0 fully saturated rings. The molecule has 1 N–H and O–H groups in total. The average molecular weight is 469 g/mol. The second-order valence-corrected chi connectivity index (χ2v) is 9.33. The van der Waals surface area contributed by atoms with E-state index in [0.29, 0.717) is 24.7 Å². The normalized spacial score (nSPS) is 11.1. The first-order valence-electron chi connectivity index (χ1n) is 12.0. The summed E-state index contributed by atoms with van der Waals surface area (Å²) >= 11 is 0. The molecular formula is C30H32N2O3. The van der Waals surface area contributed by atoms with Gasteiger partial charge >= 0.3 is 0 Å². The molecule has 5 heteroatoms. The predicted molar refractivity (Wildman–Crippen MR) is 142 cm³/mol. The van der Waals surface area contributed by atoms with Crippen LogP contribution in [0.3, 0.4) is 0 Å². The number of fused-ring (bicyclic) bond motifs is 1. The Morgan fingerprint density at radius 2 is 1.74 bits per heavy atom. The highest BCUT2D eigenvalue weighted by atomic mass is 16.5. The van der Waals surface area contributed by atoms with Gasteiger partial charge in [0.05, 0.1) is 13.7 Å². The number of carbonyl (C=O) groups is 1. The predicted octanol–water partition coefficient (Wildman–Crippen LogP) is 6.89. The van der Waals surface area contributed by atoms with Gasteiger partial charge in [-0.1, -0.05) is 44.2 Å². The van der Waals surface area contributed by atoms with Crippen molar-refractivity contribution in [3.8, 4) is 22.6 Å². The number of phenolic OH excluding ortho intramolecular Hbond substituents is 1. The van der Waals surface area contributed by atoms with E-state index in [2.05, 4.69) is 55.2 Å². The van der Waals surface area contributed by atoms with E-state index in [1.807, 2.05) is 25.1 Å². The lowest BCUT2D eigenvalue weighted by atomic mass is 10.0. The average Bonchev–Trinajstić information content (AvgIpc) is 2.85. The van der Waals surface area contributed by atoms with Crippen LogP contribution < -0.4 is 9.64 Å². The Balaban J connectivity index is 1.65. The molecule has 35 heavy (non-hydrogen) atoms. The second-order valence-electron chi connectivity index (χ2n) is 9.33. The summed E-state index contributed by atoms with van der Waals surface area (Å²) in [6.07, 6.45) is 2.96. The third-order valence-corrected chi connectivity index (χ3v) is 6.24. The Morgan fingerprint density at radius 3 is 2.43 bits per heavy atom. The molecule has 0 spiro atoms. The summed E-state index contributed by atoms with van der Waals surface area (Å²) in [5, 5.41) is 11.6. The number of benzene rings is 3. The van der Waals surface area contributed by atoms with E-state index in [4.69, 9.17) is 4.74 Å². The van der Waals surface area contributed by atoms with Gasteiger partial charge < -0.3 is 9.84 Å². The van der Waals surface area contributed by atoms with Gasteiger partial charge in [0, 0.05) is 18.0 Å². The van der Waals surface area contributed by atoms with Crippen molar-refractivity contribution >= 4 is 22.5 Å². The number of hydrogen-bond acceptors (Lipinski definition) is 4. The largest absolute Gasteiger partial charge is 0.508 e. The van der Waals surface area contributed by atoms with Crippen LogP contribution in [0.2, 0.25) is 0 Å². The van der Waals surface area contributed by atoms with Gasteiger partial charge in [-0.2, -0.15) is 0 Å². The van der Waals surface area contributed by atoms with Crippen LogP contribution in [-0.4, -0.2) is 23.1 Å². The van der Waals surface area contributed by atoms with Crippen molar-refractivity contribution in [1.82, 2.24) is 4.98 Å². The molecule has 0 aliphatic heterocycles. The van der Waals surface area contributed by atoms with Crippen LogP contribution in [-0.2, 0) is 11.3 Å². The SMILES string of the molecule is COc1ccc(-c2ccc(CN(C(=O)CCC(C)C)c3nccc4cc(O)ccc34)cc2)cc1C. The van der Waals surface area contributed by atoms with Gasteiger partial charge in [-0.3, -0.25) is 9.69 Å². The lowest BCUT2D eigenvalue weighted by Crippen LogP contribution is -2.31. The second kappa shape index (κ2) is 10.6. The molecule has 0 saturated heterocycles. The molecule has 3 aromatic carbocycles. The maximum Gasteiger partial charge on any atom is 0.228 e. The first-order valence-corrected chi connectivity index (χ1v) is 12.0. The highest BCUT2D eigenvalue weighted by Crippen LogP contribution is 2.30. The zero-order valence-electron chi connectivity index (χ0n) is 20.8. The molecule has 1 amide bonds. The van der Waals surface area contributed by atoms with Gasteiger partial charge in [-0.25, -0.2) is 4.98 Å². The van der Waals surface area contributed by atoms with Gasteiger partial charge in [0.2, 0.25) is 5.91 Å². The summed E-state index contributed by atoms with van der Waals surface area (Å²) in [4.78, 5) is 19.7. The molecule has 0 saturated carbocycles. The molecule has 0 aliphatic rings. The zero-order valence-corrected chi connectivity index (χ0v) is 20.8. The lowest BCUT2D eigenvalue weighted by molar-refractivity contribution is -0.119. The Labute approximate surface area is 207 Å². The van der Waals surface area contributed by atoms with Crippen LogP contribution in [0.1, 0.15) is 37.8 Å². The van der Waals surface area contributed by atoms with Crippen LogP contribution in [0.5, 0.6) is 11.5 Å². The number of carbonyl (C=O) groups excluding carboxylic acids is 1. The molecule has 0 aliphatic carbocycles. The fourth-order valence-corrected chi connectivity index (χ4v) is 4.24. The smallest absolute Gasteiger partial charge is 0.228 e. The maximum atomic E-state index is 13.4. The minimum atomic E-state index is 0.0432. The number of phenols is 1. The number of aromatic hydroxyl groups is 1. The van der Waals surface area contributed by atoms with Crippen LogP contribution >= 0.6 is 0 Å². The number of aryl methyl sites for hydroxylation is 1. The third-order valence-electron chi connectivity index (χ3n) is 6.24. The quantitative estimate of drug-likeness (QED) is 0.306. The van der Waals surface area contributed by atoms with Crippen molar-refractivity contribution in [2.75, 3.05) is 12.0 Å². The van der Waals surface area contributed by atoms with Crippen LogP contribution in [0.25, 0.3) is 21.9 Å². The van der Waals surface area contributed by atoms with Crippen LogP contribution in [0.15, 0.2) is 72.9 Å². The summed E-state index contributed by atoms with van der Waals surface area (Å²) < 4.78 is 5.38. The van der Waals surface area contributed by atoms with Crippen LogP contribution in [0.4, 0.5) is 5.82 Å². The van der Waals surface area contributed by atoms with Crippen molar-refractivity contribution in [2.24, 2.45) is 5.92 Å². The van der Waals surface area contributed by atoms with Crippen molar-refractivity contribution in [3.63, 3.8) is 0 Å². The molecule has 0 radical (unpaired) electrons. The third kappa shape index (κ3) is 5.62. The Kier molecular flexibility index (Phi) is 7.35. The summed E-state index contributed by atoms with van der Waals surface area (Å²) in [5.74, 6) is 2.16. The topological polar surface area (TPSA) is 62.7 Å². The standard InChI is InChI=1S/C30H32N2O3/c1-20(2)5-14-29(34)32(30-27-12-11-26(33)18-25(27)15-16-31-30)19-22-6-8-23(9-7-22)24-10-13-28(35-4)21(3)17-24/h6-13,15-18,20,33H,5,14,19H2,1-4H3. The number of amides is 1. The first kappa shape index (κ1) is 24.3. The molecular weight excluding hydrogens is 436 g/mol. The summed E-state index contributed by atoms with van der Waals surface area (Å²) in [7, 11) is 1.68. The minimum absolute atomic E-state index is 0.0432. The number of nitrogens with zero attached hydrogens (tertiary/aromatic N) is 2. The molecule has 0 atom stereocenters. The Morgan fingerprint density at radius 1 is 1.00 bits per heavy atom. The molecule has 1 aromatic heterocycles. The van der Waals surface area contributed by atoms with E-state index in [0.717, 1.165) is 45.2 Å². The fraction of sp³-hybridized carbons (Fsp3) is 0.267. The van der Waals surface area contributed by atoms with Crippen molar-refractivity contribution < 1.29 is 14.6 Å². The van der Waals surface area contributed by atoms with Crippen molar-refractivity contribution in [1.29, 1.82) is 0 Å². The van der Waals surface area contributed by atoms with Crippen LogP contribution in [0, 0.1) is 12.8 Å². The molecule has 4 rings (SSSR count). The summed E-state index contributed by atoms with van der Waals surface area (Å²) in [6, 6.07) is 21.5. The highest BCUT2D eigenvalue weighted by molar-refractivity contribution is 6.02. The number of pyridine rings is 1. The molecule has 0 unspecified atom stereocenters.